The second kappa shape index (κ2) is 6.44. The smallest absolute Gasteiger partial charge is 0.276 e. The summed E-state index contributed by atoms with van der Waals surface area (Å²) in [6, 6.07) is 0. The third-order valence-electron chi connectivity index (χ3n) is 2.84. The molecule has 0 saturated heterocycles. The number of halogens is 2. The summed E-state index contributed by atoms with van der Waals surface area (Å²) in [7, 11) is 0. The molecule has 2 heterocycles. The van der Waals surface area contributed by atoms with Gasteiger partial charge in [0.05, 0.1) is 9.08 Å². The summed E-state index contributed by atoms with van der Waals surface area (Å²) in [4.78, 5) is 30.1. The summed E-state index contributed by atoms with van der Waals surface area (Å²) >= 11 is 6.68. The number of H-pyrrole nitrogens is 1. The van der Waals surface area contributed by atoms with Crippen molar-refractivity contribution in [3.8, 4) is 0 Å². The van der Waals surface area contributed by atoms with Gasteiger partial charge in [0.15, 0.2) is 0 Å². The molecule has 0 aromatic carbocycles. The fraction of sp³-hybridized carbons (Fsp3) is 0.250. The third-order valence-corrected chi connectivity index (χ3v) is 4.96. The van der Waals surface area contributed by atoms with Crippen molar-refractivity contribution in [2.75, 3.05) is 6.54 Å². The number of aliphatic imine (C=N–C) groups is 1. The summed E-state index contributed by atoms with van der Waals surface area (Å²) in [5, 5.41) is 5.14. The molecular weight excluding hydrogens is 406 g/mol. The van der Waals surface area contributed by atoms with Crippen LogP contribution in [0.5, 0.6) is 0 Å². The average Bonchev–Trinajstić information content (AvgIpc) is 2.88. The molecule has 0 atom stereocenters. The highest BCUT2D eigenvalue weighted by molar-refractivity contribution is 9.13. The Hall–Kier alpha value is -1.61. The van der Waals surface area contributed by atoms with Crippen molar-refractivity contribution in [1.82, 2.24) is 15.6 Å². The molecule has 1 aromatic rings. The summed E-state index contributed by atoms with van der Waals surface area (Å²) < 4.78 is 1.54. The van der Waals surface area contributed by atoms with E-state index in [-0.39, 0.29) is 23.5 Å². The molecule has 0 bridgehead atoms. The molecule has 5 N–H and O–H groups in total. The Morgan fingerprint density at radius 2 is 2.19 bits per heavy atom. The van der Waals surface area contributed by atoms with Crippen LogP contribution in [-0.2, 0) is 4.79 Å². The number of nitrogens with one attached hydrogen (secondary N) is 3. The zero-order valence-corrected chi connectivity index (χ0v) is 14.3. The van der Waals surface area contributed by atoms with Gasteiger partial charge in [0.25, 0.3) is 11.8 Å². The molecule has 9 heteroatoms. The molecule has 1 aliphatic heterocycles. The highest BCUT2D eigenvalue weighted by Crippen LogP contribution is 2.28. The second-order valence-electron chi connectivity index (χ2n) is 4.34. The Morgan fingerprint density at radius 1 is 1.48 bits per heavy atom. The molecule has 7 nitrogen and oxygen atoms in total. The molecule has 0 unspecified atom stereocenters. The lowest BCUT2D eigenvalue weighted by Crippen LogP contribution is -2.30. The molecule has 112 valence electrons. The molecule has 0 fully saturated rings. The first-order chi connectivity index (χ1) is 9.90. The number of guanidine groups is 1. The van der Waals surface area contributed by atoms with Crippen molar-refractivity contribution in [3.05, 3.63) is 32.1 Å². The predicted octanol–water partition coefficient (Wildman–Crippen LogP) is 1.30. The van der Waals surface area contributed by atoms with Crippen LogP contribution in [0.15, 0.2) is 25.8 Å². The Morgan fingerprint density at radius 3 is 2.71 bits per heavy atom. The highest BCUT2D eigenvalue weighted by atomic mass is 79.9. The van der Waals surface area contributed by atoms with Crippen LogP contribution in [-0.4, -0.2) is 29.3 Å². The average molecular weight is 419 g/mol. The van der Waals surface area contributed by atoms with Gasteiger partial charge in [0, 0.05) is 6.54 Å². The fourth-order valence-corrected chi connectivity index (χ4v) is 2.56. The van der Waals surface area contributed by atoms with E-state index in [9.17, 15) is 9.59 Å². The molecule has 0 aliphatic carbocycles. The highest BCUT2D eigenvalue weighted by Gasteiger charge is 2.18. The van der Waals surface area contributed by atoms with Gasteiger partial charge >= 0.3 is 0 Å². The van der Waals surface area contributed by atoms with Gasteiger partial charge in [0.2, 0.25) is 5.96 Å². The van der Waals surface area contributed by atoms with Crippen molar-refractivity contribution in [2.45, 2.75) is 13.3 Å². The van der Waals surface area contributed by atoms with Gasteiger partial charge in [-0.2, -0.15) is 0 Å². The number of aromatic amines is 1. The van der Waals surface area contributed by atoms with Crippen LogP contribution in [0.25, 0.3) is 0 Å². The van der Waals surface area contributed by atoms with E-state index >= 15 is 0 Å². The zero-order valence-electron chi connectivity index (χ0n) is 11.1. The monoisotopic (exact) mass is 417 g/mol. The van der Waals surface area contributed by atoms with Crippen LogP contribution in [0.3, 0.4) is 0 Å². The SMILES string of the molecule is Cc1c(C(=O)NCCC=C2N=C(N)NC2=O)[nH]c(Br)c1Br. The van der Waals surface area contributed by atoms with Crippen LogP contribution in [0.1, 0.15) is 22.5 Å². The van der Waals surface area contributed by atoms with Crippen molar-refractivity contribution >= 4 is 49.6 Å². The summed E-state index contributed by atoms with van der Waals surface area (Å²) in [5.41, 5.74) is 6.95. The van der Waals surface area contributed by atoms with Crippen LogP contribution < -0.4 is 16.4 Å². The van der Waals surface area contributed by atoms with Gasteiger partial charge in [-0.15, -0.1) is 0 Å². The number of amides is 2. The van der Waals surface area contributed by atoms with Crippen LogP contribution >= 0.6 is 31.9 Å². The second-order valence-corrected chi connectivity index (χ2v) is 5.92. The van der Waals surface area contributed by atoms with Crippen LogP contribution in [0.4, 0.5) is 0 Å². The van der Waals surface area contributed by atoms with Gasteiger partial charge in [-0.3, -0.25) is 14.9 Å². The summed E-state index contributed by atoms with van der Waals surface area (Å²) in [6.45, 7) is 2.22. The quantitative estimate of drug-likeness (QED) is 0.436. The predicted molar refractivity (Wildman–Crippen MR) is 85.7 cm³/mol. The number of rotatable bonds is 4. The van der Waals surface area contributed by atoms with E-state index in [1.165, 1.54) is 0 Å². The molecule has 1 aliphatic rings. The van der Waals surface area contributed by atoms with Crippen LogP contribution in [0.2, 0.25) is 0 Å². The van der Waals surface area contributed by atoms with Crippen molar-refractivity contribution in [3.63, 3.8) is 0 Å². The van der Waals surface area contributed by atoms with Crippen molar-refractivity contribution in [2.24, 2.45) is 10.7 Å². The normalized spacial score (nSPS) is 16.0. The lowest BCUT2D eigenvalue weighted by Gasteiger charge is -2.02. The van der Waals surface area contributed by atoms with Gasteiger partial charge < -0.3 is 16.0 Å². The minimum absolute atomic E-state index is 0.0898. The Balaban J connectivity index is 1.89. The van der Waals surface area contributed by atoms with Gasteiger partial charge in [-0.25, -0.2) is 4.99 Å². The van der Waals surface area contributed by atoms with Gasteiger partial charge in [0.1, 0.15) is 11.4 Å². The largest absolute Gasteiger partial charge is 0.369 e. The van der Waals surface area contributed by atoms with E-state index in [1.54, 1.807) is 6.08 Å². The maximum Gasteiger partial charge on any atom is 0.276 e. The van der Waals surface area contributed by atoms with Crippen LogP contribution in [0, 0.1) is 6.92 Å². The first-order valence-electron chi connectivity index (χ1n) is 6.07. The van der Waals surface area contributed by atoms with E-state index in [0.29, 0.717) is 18.7 Å². The van der Waals surface area contributed by atoms with E-state index in [0.717, 1.165) is 14.6 Å². The maximum atomic E-state index is 12.0. The number of carbonyl (C=O) groups is 2. The first-order valence-corrected chi connectivity index (χ1v) is 7.66. The van der Waals surface area contributed by atoms with Crippen molar-refractivity contribution < 1.29 is 9.59 Å². The maximum absolute atomic E-state index is 12.0. The number of nitrogens with zero attached hydrogens (tertiary/aromatic N) is 1. The zero-order chi connectivity index (χ0) is 15.6. The molecule has 2 amide bonds. The standard InChI is InChI=1S/C12H13Br2N5O2/c1-5-7(13)9(14)18-8(5)11(21)16-4-2-3-6-10(20)19-12(15)17-6/h3,18H,2,4H2,1H3,(H,16,21)(H3,15,17,19,20). The lowest BCUT2D eigenvalue weighted by atomic mass is 10.2. The Labute approximate surface area is 137 Å². The number of carbonyl (C=O) groups excluding carboxylic acids is 2. The number of hydrogen-bond donors (Lipinski definition) is 4. The number of nitrogens with two attached hydrogens (primary N) is 1. The molecule has 0 saturated carbocycles. The van der Waals surface area contributed by atoms with E-state index in [2.05, 4.69) is 52.5 Å². The minimum Gasteiger partial charge on any atom is -0.369 e. The number of hydrogen-bond acceptors (Lipinski definition) is 4. The molecule has 2 rings (SSSR count). The van der Waals surface area contributed by atoms with Crippen molar-refractivity contribution in [1.29, 1.82) is 0 Å². The fourth-order valence-electron chi connectivity index (χ4n) is 1.77. The molecule has 0 spiro atoms. The molecule has 1 aromatic heterocycles. The minimum atomic E-state index is -0.327. The summed E-state index contributed by atoms with van der Waals surface area (Å²) in [5.74, 6) is -0.449. The van der Waals surface area contributed by atoms with E-state index in [4.69, 9.17) is 5.73 Å². The topological polar surface area (TPSA) is 112 Å². The first kappa shape index (κ1) is 15.8. The van der Waals surface area contributed by atoms with Gasteiger partial charge in [-0.1, -0.05) is 6.08 Å². The van der Waals surface area contributed by atoms with Gasteiger partial charge in [-0.05, 0) is 50.8 Å². The number of aromatic nitrogens is 1. The third kappa shape index (κ3) is 3.53. The summed E-state index contributed by atoms with van der Waals surface area (Å²) in [6.07, 6.45) is 2.11. The Kier molecular flexibility index (Phi) is 4.84. The molecule has 21 heavy (non-hydrogen) atoms. The Bertz CT molecular complexity index is 663. The molecule has 0 radical (unpaired) electrons. The van der Waals surface area contributed by atoms with E-state index < -0.39 is 0 Å². The van der Waals surface area contributed by atoms with E-state index in [1.807, 2.05) is 6.92 Å². The molecular formula is C12H13Br2N5O2. The lowest BCUT2D eigenvalue weighted by molar-refractivity contribution is -0.115.